The molecular weight excluding hydrogens is 394 g/mol. The maximum atomic E-state index is 10.9. The summed E-state index contributed by atoms with van der Waals surface area (Å²) in [5.74, 6) is -2.35. The van der Waals surface area contributed by atoms with Crippen molar-refractivity contribution in [2.45, 2.75) is 30.2 Å². The van der Waals surface area contributed by atoms with Crippen molar-refractivity contribution in [3.63, 3.8) is 0 Å². The summed E-state index contributed by atoms with van der Waals surface area (Å²) in [4.78, 5) is 2.90. The van der Waals surface area contributed by atoms with Crippen LogP contribution in [0.3, 0.4) is 0 Å². The van der Waals surface area contributed by atoms with Gasteiger partial charge in [-0.15, -0.1) is 0 Å². The molecule has 2 aromatic rings. The molecule has 1 saturated heterocycles. The first-order valence-corrected chi connectivity index (χ1v) is 7.99. The van der Waals surface area contributed by atoms with Gasteiger partial charge in [-0.05, 0) is 28.1 Å². The number of ether oxygens (including phenoxy) is 1. The summed E-state index contributed by atoms with van der Waals surface area (Å²) in [6, 6.07) is 3.42. The number of nitrogens with one attached hydrogen (secondary N) is 1. The Kier molecular flexibility index (Phi) is 4.45. The van der Waals surface area contributed by atoms with E-state index in [2.05, 4.69) is 20.9 Å². The highest BCUT2D eigenvalue weighted by atomic mass is 79.9. The number of halogens is 2. The van der Waals surface area contributed by atoms with Gasteiger partial charge in [0, 0.05) is 27.1 Å². The number of H-pyrrole nitrogens is 1. The van der Waals surface area contributed by atoms with Crippen LogP contribution in [0.15, 0.2) is 22.8 Å². The van der Waals surface area contributed by atoms with Gasteiger partial charge in [0.15, 0.2) is 0 Å². The van der Waals surface area contributed by atoms with E-state index in [9.17, 15) is 25.5 Å². The summed E-state index contributed by atoms with van der Waals surface area (Å²) in [7, 11) is 0. The minimum atomic E-state index is -2.35. The van der Waals surface area contributed by atoms with E-state index < -0.39 is 36.8 Å². The van der Waals surface area contributed by atoms with Crippen molar-refractivity contribution >= 4 is 38.4 Å². The molecule has 23 heavy (non-hydrogen) atoms. The largest absolute Gasteiger partial charge is 0.394 e. The van der Waals surface area contributed by atoms with Gasteiger partial charge in [0.05, 0.1) is 11.6 Å². The maximum Gasteiger partial charge on any atom is 0.224 e. The number of aromatic amines is 1. The molecule has 1 aliphatic heterocycles. The number of rotatable bonds is 2. The number of fused-ring (bicyclic) bond motifs is 1. The standard InChI is InChI=1S/C14H15BrClNO6/c15-6-1-2-7-9(10(6)16)5(3-17-7)14(22)13(21)12(20)11(19)8(4-18)23-14/h1-3,8,11-13,17-22H,4H2/t8-,11-,12+,13-,14?/m1/s1. The molecule has 0 spiro atoms. The molecule has 1 aliphatic rings. The van der Waals surface area contributed by atoms with E-state index in [1.54, 1.807) is 12.1 Å². The Labute approximate surface area is 144 Å². The van der Waals surface area contributed by atoms with E-state index >= 15 is 0 Å². The minimum Gasteiger partial charge on any atom is -0.394 e. The summed E-state index contributed by atoms with van der Waals surface area (Å²) < 4.78 is 5.89. The first-order chi connectivity index (χ1) is 10.8. The van der Waals surface area contributed by atoms with Crippen LogP contribution in [0.4, 0.5) is 0 Å². The first-order valence-electron chi connectivity index (χ1n) is 6.82. The van der Waals surface area contributed by atoms with Gasteiger partial charge < -0.3 is 35.3 Å². The van der Waals surface area contributed by atoms with Crippen LogP contribution in [0.1, 0.15) is 5.56 Å². The monoisotopic (exact) mass is 407 g/mol. The third-order valence-electron chi connectivity index (χ3n) is 4.09. The van der Waals surface area contributed by atoms with E-state index in [1.807, 2.05) is 0 Å². The fourth-order valence-electron chi connectivity index (χ4n) is 2.82. The molecule has 1 aromatic heterocycles. The zero-order valence-electron chi connectivity index (χ0n) is 11.6. The predicted octanol–water partition coefficient (Wildman–Crippen LogP) is 0.203. The Hall–Kier alpha value is -0.710. The van der Waals surface area contributed by atoms with E-state index in [1.165, 1.54) is 6.20 Å². The van der Waals surface area contributed by atoms with E-state index in [0.29, 0.717) is 15.4 Å². The van der Waals surface area contributed by atoms with Crippen molar-refractivity contribution in [1.29, 1.82) is 0 Å². The quantitative estimate of drug-likeness (QED) is 0.422. The average Bonchev–Trinajstić information content (AvgIpc) is 2.98. The topological polar surface area (TPSA) is 126 Å². The van der Waals surface area contributed by atoms with E-state index in [0.717, 1.165) is 0 Å². The van der Waals surface area contributed by atoms with Gasteiger partial charge in [-0.25, -0.2) is 0 Å². The van der Waals surface area contributed by atoms with Gasteiger partial charge in [-0.2, -0.15) is 0 Å². The summed E-state index contributed by atoms with van der Waals surface area (Å²) in [5, 5.41) is 50.8. The molecule has 2 heterocycles. The molecular formula is C14H15BrClNO6. The van der Waals surface area contributed by atoms with Crippen molar-refractivity contribution in [2.24, 2.45) is 0 Å². The second-order valence-corrected chi connectivity index (χ2v) is 6.68. The highest BCUT2D eigenvalue weighted by Crippen LogP contribution is 2.43. The van der Waals surface area contributed by atoms with Crippen molar-refractivity contribution in [2.75, 3.05) is 6.61 Å². The maximum absolute atomic E-state index is 10.9. The third kappa shape index (κ3) is 2.50. The summed E-state index contributed by atoms with van der Waals surface area (Å²) in [5.41, 5.74) is 0.675. The molecule has 0 bridgehead atoms. The van der Waals surface area contributed by atoms with Crippen molar-refractivity contribution in [3.05, 3.63) is 33.4 Å². The second kappa shape index (κ2) is 5.98. The number of hydrogen-bond donors (Lipinski definition) is 6. The number of aliphatic hydroxyl groups is 5. The van der Waals surface area contributed by atoms with E-state index in [-0.39, 0.29) is 10.6 Å². The highest BCUT2D eigenvalue weighted by molar-refractivity contribution is 9.10. The molecule has 5 atom stereocenters. The van der Waals surface area contributed by atoms with Crippen LogP contribution in [0.2, 0.25) is 5.02 Å². The van der Waals surface area contributed by atoms with Crippen molar-refractivity contribution in [3.8, 4) is 0 Å². The van der Waals surface area contributed by atoms with Gasteiger partial charge >= 0.3 is 0 Å². The molecule has 6 N–H and O–H groups in total. The molecule has 9 heteroatoms. The lowest BCUT2D eigenvalue weighted by Gasteiger charge is -2.45. The fraction of sp³-hybridized carbons (Fsp3) is 0.429. The molecule has 0 amide bonds. The SMILES string of the molecule is OC[C@H]1OC(O)(c2c[nH]c3ccc(Br)c(Cl)c23)[C@H](O)[C@@H](O)[C@@H]1O. The second-order valence-electron chi connectivity index (χ2n) is 5.45. The van der Waals surface area contributed by atoms with Crippen LogP contribution in [0.5, 0.6) is 0 Å². The summed E-state index contributed by atoms with van der Waals surface area (Å²) in [6.07, 6.45) is -4.96. The number of aromatic nitrogens is 1. The molecule has 0 saturated carbocycles. The third-order valence-corrected chi connectivity index (χ3v) is 5.37. The fourth-order valence-corrected chi connectivity index (χ4v) is 3.41. The number of hydrogen-bond acceptors (Lipinski definition) is 6. The zero-order valence-corrected chi connectivity index (χ0v) is 14.0. The van der Waals surface area contributed by atoms with E-state index in [4.69, 9.17) is 16.3 Å². The van der Waals surface area contributed by atoms with Crippen LogP contribution in [-0.4, -0.2) is 61.5 Å². The van der Waals surface area contributed by atoms with Crippen LogP contribution in [0.25, 0.3) is 10.9 Å². The first kappa shape index (κ1) is 17.1. The Morgan fingerprint density at radius 3 is 2.61 bits per heavy atom. The Morgan fingerprint density at radius 1 is 1.26 bits per heavy atom. The Morgan fingerprint density at radius 2 is 1.96 bits per heavy atom. The normalized spacial score (nSPS) is 34.9. The highest BCUT2D eigenvalue weighted by Gasteiger charge is 2.54. The molecule has 1 unspecified atom stereocenters. The van der Waals surface area contributed by atoms with Gasteiger partial charge in [-0.1, -0.05) is 11.6 Å². The molecule has 1 fully saturated rings. The Balaban J connectivity index is 2.18. The predicted molar refractivity (Wildman–Crippen MR) is 84.9 cm³/mol. The lowest BCUT2D eigenvalue weighted by molar-refractivity contribution is -0.357. The van der Waals surface area contributed by atoms with Gasteiger partial charge in [0.25, 0.3) is 0 Å². The Bertz CT molecular complexity index is 737. The summed E-state index contributed by atoms with van der Waals surface area (Å²) in [6.45, 7) is -0.646. The minimum absolute atomic E-state index is 0.0932. The van der Waals surface area contributed by atoms with Crippen LogP contribution >= 0.6 is 27.5 Å². The van der Waals surface area contributed by atoms with Crippen LogP contribution in [-0.2, 0) is 10.5 Å². The molecule has 7 nitrogen and oxygen atoms in total. The number of aliphatic hydroxyl groups excluding tert-OH is 4. The van der Waals surface area contributed by atoms with Crippen LogP contribution in [0, 0.1) is 0 Å². The number of benzene rings is 1. The lowest BCUT2D eigenvalue weighted by Crippen LogP contribution is -2.63. The van der Waals surface area contributed by atoms with Gasteiger partial charge in [0.2, 0.25) is 5.79 Å². The smallest absolute Gasteiger partial charge is 0.224 e. The van der Waals surface area contributed by atoms with Crippen molar-refractivity contribution < 1.29 is 30.3 Å². The lowest BCUT2D eigenvalue weighted by atomic mass is 9.88. The average molecular weight is 409 g/mol. The molecule has 1 aromatic carbocycles. The summed E-state index contributed by atoms with van der Waals surface area (Å²) >= 11 is 9.54. The zero-order chi connectivity index (χ0) is 16.9. The molecule has 0 aliphatic carbocycles. The molecule has 0 radical (unpaired) electrons. The van der Waals surface area contributed by atoms with Crippen molar-refractivity contribution in [1.82, 2.24) is 4.98 Å². The molecule has 126 valence electrons. The van der Waals surface area contributed by atoms with Gasteiger partial charge in [-0.3, -0.25) is 0 Å². The molecule has 3 rings (SSSR count). The van der Waals surface area contributed by atoms with Crippen LogP contribution < -0.4 is 0 Å². The van der Waals surface area contributed by atoms with Gasteiger partial charge in [0.1, 0.15) is 24.4 Å².